The Bertz CT molecular complexity index is 420. The van der Waals surface area contributed by atoms with Crippen molar-refractivity contribution in [2.45, 2.75) is 32.7 Å². The first-order chi connectivity index (χ1) is 8.38. The molecule has 0 spiro atoms. The Labute approximate surface area is 107 Å². The van der Waals surface area contributed by atoms with E-state index in [1.807, 2.05) is 11.7 Å². The van der Waals surface area contributed by atoms with Crippen LogP contribution in [0.1, 0.15) is 30.2 Å². The van der Waals surface area contributed by atoms with Gasteiger partial charge in [0.25, 0.3) is 0 Å². The molecule has 0 radical (unpaired) electrons. The van der Waals surface area contributed by atoms with Gasteiger partial charge in [-0.1, -0.05) is 25.5 Å². The Morgan fingerprint density at radius 1 is 1.24 bits per heavy atom. The third-order valence-corrected chi connectivity index (χ3v) is 3.50. The van der Waals surface area contributed by atoms with Crippen LogP contribution < -0.4 is 5.32 Å². The Morgan fingerprint density at radius 2 is 2.06 bits per heavy atom. The summed E-state index contributed by atoms with van der Waals surface area (Å²) in [7, 11) is 0. The van der Waals surface area contributed by atoms with Gasteiger partial charge < -0.3 is 5.32 Å². The first kappa shape index (κ1) is 12.1. The molecule has 0 unspecified atom stereocenters. The number of unbranched alkanes of at least 4 members (excludes halogenated alkanes) is 1. The van der Waals surface area contributed by atoms with E-state index in [1.165, 1.54) is 35.4 Å². The summed E-state index contributed by atoms with van der Waals surface area (Å²) in [5.74, 6) is 0. The van der Waals surface area contributed by atoms with Crippen LogP contribution in [0.15, 0.2) is 36.0 Å². The van der Waals surface area contributed by atoms with Crippen molar-refractivity contribution >= 4 is 17.0 Å². The number of thiazole rings is 1. The zero-order valence-electron chi connectivity index (χ0n) is 10.1. The molecule has 0 amide bonds. The molecule has 3 heteroatoms. The number of hydrogen-bond donors (Lipinski definition) is 1. The molecule has 0 bridgehead atoms. The fourth-order valence-electron chi connectivity index (χ4n) is 1.69. The first-order valence-corrected chi connectivity index (χ1v) is 6.96. The van der Waals surface area contributed by atoms with Gasteiger partial charge in [0.15, 0.2) is 0 Å². The second-order valence-electron chi connectivity index (χ2n) is 4.12. The minimum atomic E-state index is 0.860. The van der Waals surface area contributed by atoms with Crippen molar-refractivity contribution in [3.05, 3.63) is 46.4 Å². The molecule has 1 aromatic heterocycles. The van der Waals surface area contributed by atoms with Gasteiger partial charge in [0.1, 0.15) is 0 Å². The highest BCUT2D eigenvalue weighted by atomic mass is 32.1. The van der Waals surface area contributed by atoms with Crippen LogP contribution in [0.4, 0.5) is 5.69 Å². The highest BCUT2D eigenvalue weighted by Crippen LogP contribution is 2.14. The van der Waals surface area contributed by atoms with Gasteiger partial charge in [-0.25, -0.2) is 0 Å². The topological polar surface area (TPSA) is 24.9 Å². The lowest BCUT2D eigenvalue weighted by Gasteiger charge is -2.06. The van der Waals surface area contributed by atoms with Crippen molar-refractivity contribution in [3.8, 4) is 0 Å². The molecule has 0 aliphatic rings. The van der Waals surface area contributed by atoms with Crippen LogP contribution in [0.5, 0.6) is 0 Å². The van der Waals surface area contributed by atoms with E-state index in [1.54, 1.807) is 11.3 Å². The molecule has 0 aliphatic carbocycles. The van der Waals surface area contributed by atoms with E-state index in [0.717, 1.165) is 6.54 Å². The van der Waals surface area contributed by atoms with Crippen molar-refractivity contribution in [1.29, 1.82) is 0 Å². The van der Waals surface area contributed by atoms with Crippen LogP contribution in [0, 0.1) is 0 Å². The number of benzene rings is 1. The number of nitrogens with zero attached hydrogens (tertiary/aromatic N) is 1. The van der Waals surface area contributed by atoms with Crippen LogP contribution >= 0.6 is 11.3 Å². The third-order valence-electron chi connectivity index (χ3n) is 2.72. The predicted molar refractivity (Wildman–Crippen MR) is 74.5 cm³/mol. The SMILES string of the molecule is CCCCc1ccc(NCc2cncs2)cc1. The summed E-state index contributed by atoms with van der Waals surface area (Å²) in [5, 5.41) is 3.40. The van der Waals surface area contributed by atoms with Crippen LogP contribution in [0.3, 0.4) is 0 Å². The molecule has 17 heavy (non-hydrogen) atoms. The maximum Gasteiger partial charge on any atom is 0.0794 e. The molecule has 0 aliphatic heterocycles. The van der Waals surface area contributed by atoms with Crippen LogP contribution in [0.2, 0.25) is 0 Å². The second-order valence-corrected chi connectivity index (χ2v) is 5.09. The summed E-state index contributed by atoms with van der Waals surface area (Å²) in [5.41, 5.74) is 4.47. The number of aromatic nitrogens is 1. The average Bonchev–Trinajstić information content (AvgIpc) is 2.88. The van der Waals surface area contributed by atoms with Gasteiger partial charge in [0.05, 0.1) is 12.1 Å². The summed E-state index contributed by atoms with van der Waals surface area (Å²) < 4.78 is 0. The van der Waals surface area contributed by atoms with E-state index < -0.39 is 0 Å². The lowest BCUT2D eigenvalue weighted by atomic mass is 10.1. The van der Waals surface area contributed by atoms with Crippen molar-refractivity contribution in [2.24, 2.45) is 0 Å². The van der Waals surface area contributed by atoms with Gasteiger partial charge in [0, 0.05) is 16.8 Å². The molecule has 0 saturated carbocycles. The maximum atomic E-state index is 4.06. The van der Waals surface area contributed by atoms with Gasteiger partial charge in [0.2, 0.25) is 0 Å². The minimum absolute atomic E-state index is 0.860. The molecule has 1 aromatic carbocycles. The van der Waals surface area contributed by atoms with E-state index in [-0.39, 0.29) is 0 Å². The van der Waals surface area contributed by atoms with Crippen molar-refractivity contribution < 1.29 is 0 Å². The average molecular weight is 246 g/mol. The van der Waals surface area contributed by atoms with E-state index in [9.17, 15) is 0 Å². The van der Waals surface area contributed by atoms with Crippen molar-refractivity contribution in [1.82, 2.24) is 4.98 Å². The third kappa shape index (κ3) is 3.86. The number of hydrogen-bond acceptors (Lipinski definition) is 3. The highest BCUT2D eigenvalue weighted by molar-refractivity contribution is 7.09. The Balaban J connectivity index is 1.85. The standard InChI is InChI=1S/C14H18N2S/c1-2-3-4-12-5-7-13(8-6-12)16-10-14-9-15-11-17-14/h5-9,11,16H,2-4,10H2,1H3. The van der Waals surface area contributed by atoms with Gasteiger partial charge in [-0.15, -0.1) is 11.3 Å². The van der Waals surface area contributed by atoms with Crippen molar-refractivity contribution in [3.63, 3.8) is 0 Å². The Kier molecular flexibility index (Phi) is 4.56. The van der Waals surface area contributed by atoms with Gasteiger partial charge in [-0.2, -0.15) is 0 Å². The molecule has 90 valence electrons. The zero-order valence-corrected chi connectivity index (χ0v) is 11.0. The number of nitrogens with one attached hydrogen (secondary N) is 1. The van der Waals surface area contributed by atoms with Crippen LogP contribution in [-0.4, -0.2) is 4.98 Å². The van der Waals surface area contributed by atoms with E-state index in [4.69, 9.17) is 0 Å². The molecule has 0 atom stereocenters. The van der Waals surface area contributed by atoms with E-state index in [2.05, 4.69) is 41.5 Å². The maximum absolute atomic E-state index is 4.06. The summed E-state index contributed by atoms with van der Waals surface area (Å²) in [6.45, 7) is 3.09. The van der Waals surface area contributed by atoms with Crippen molar-refractivity contribution in [2.75, 3.05) is 5.32 Å². The summed E-state index contributed by atoms with van der Waals surface area (Å²) in [6.07, 6.45) is 5.62. The van der Waals surface area contributed by atoms with Gasteiger partial charge in [-0.3, -0.25) is 4.98 Å². The summed E-state index contributed by atoms with van der Waals surface area (Å²) in [4.78, 5) is 5.32. The van der Waals surface area contributed by atoms with E-state index in [0.29, 0.717) is 0 Å². The molecule has 2 rings (SSSR count). The van der Waals surface area contributed by atoms with E-state index >= 15 is 0 Å². The molecule has 2 aromatic rings. The number of aryl methyl sites for hydroxylation is 1. The molecule has 1 N–H and O–H groups in total. The summed E-state index contributed by atoms with van der Waals surface area (Å²) >= 11 is 1.68. The monoisotopic (exact) mass is 246 g/mol. The first-order valence-electron chi connectivity index (χ1n) is 6.08. The Hall–Kier alpha value is -1.35. The highest BCUT2D eigenvalue weighted by Gasteiger charge is 1.96. The predicted octanol–water partition coefficient (Wildman–Crippen LogP) is 4.10. The number of anilines is 1. The lowest BCUT2D eigenvalue weighted by molar-refractivity contribution is 0.795. The molecular weight excluding hydrogens is 228 g/mol. The van der Waals surface area contributed by atoms with Gasteiger partial charge >= 0.3 is 0 Å². The molecule has 1 heterocycles. The fourth-order valence-corrected chi connectivity index (χ4v) is 2.22. The fraction of sp³-hybridized carbons (Fsp3) is 0.357. The smallest absolute Gasteiger partial charge is 0.0794 e. The van der Waals surface area contributed by atoms with Crippen LogP contribution in [0.25, 0.3) is 0 Å². The Morgan fingerprint density at radius 3 is 2.71 bits per heavy atom. The van der Waals surface area contributed by atoms with Gasteiger partial charge in [-0.05, 0) is 30.5 Å². The molecule has 2 nitrogen and oxygen atoms in total. The zero-order chi connectivity index (χ0) is 11.9. The van der Waals surface area contributed by atoms with Crippen LogP contribution in [-0.2, 0) is 13.0 Å². The summed E-state index contributed by atoms with van der Waals surface area (Å²) in [6, 6.07) is 8.74. The minimum Gasteiger partial charge on any atom is -0.380 e. The lowest BCUT2D eigenvalue weighted by Crippen LogP contribution is -1.97. The quantitative estimate of drug-likeness (QED) is 0.830. The largest absolute Gasteiger partial charge is 0.380 e. The second kappa shape index (κ2) is 6.40. The molecule has 0 fully saturated rings. The molecule has 0 saturated heterocycles. The molecular formula is C14H18N2S. The number of rotatable bonds is 6. The normalized spacial score (nSPS) is 10.4.